The summed E-state index contributed by atoms with van der Waals surface area (Å²) in [6.45, 7) is 4.90. The first kappa shape index (κ1) is 14.5. The maximum atomic E-state index is 12.1. The average Bonchev–Trinajstić information content (AvgIpc) is 2.83. The molecule has 1 heterocycles. The van der Waals surface area contributed by atoms with E-state index >= 15 is 0 Å². The number of halogens is 1. The number of H-pyrrole nitrogens is 1. The van der Waals surface area contributed by atoms with Crippen LogP contribution in [0, 0.1) is 0 Å². The van der Waals surface area contributed by atoms with Gasteiger partial charge in [-0.25, -0.2) is 4.79 Å². The van der Waals surface area contributed by atoms with E-state index in [4.69, 9.17) is 0 Å². The van der Waals surface area contributed by atoms with Crippen molar-refractivity contribution in [2.45, 2.75) is 13.8 Å². The minimum absolute atomic E-state index is 0.0571. The lowest BCUT2D eigenvalue weighted by atomic mass is 10.3. The molecule has 1 amide bonds. The third kappa shape index (κ3) is 2.82. The van der Waals surface area contributed by atoms with Crippen molar-refractivity contribution in [2.75, 3.05) is 13.1 Å². The van der Waals surface area contributed by atoms with Crippen LogP contribution in [0.4, 0.5) is 0 Å². The Bertz CT molecular complexity index is 656. The van der Waals surface area contributed by atoms with Crippen molar-refractivity contribution in [3.8, 4) is 5.69 Å². The Balaban J connectivity index is 2.37. The number of aromatic nitrogens is 3. The van der Waals surface area contributed by atoms with Gasteiger partial charge in [-0.3, -0.25) is 9.78 Å². The monoisotopic (exact) mass is 338 g/mol. The number of nitrogens with zero attached hydrogens (tertiary/aromatic N) is 3. The lowest BCUT2D eigenvalue weighted by Crippen LogP contribution is -2.31. The second-order valence-electron chi connectivity index (χ2n) is 4.14. The summed E-state index contributed by atoms with van der Waals surface area (Å²) in [6, 6.07) is 7.11. The van der Waals surface area contributed by atoms with E-state index in [1.807, 2.05) is 26.0 Å². The molecule has 0 radical (unpaired) electrons. The number of aromatic amines is 1. The Morgan fingerprint density at radius 3 is 2.45 bits per heavy atom. The van der Waals surface area contributed by atoms with E-state index in [0.29, 0.717) is 18.8 Å². The number of hydrogen-bond donors (Lipinski definition) is 1. The van der Waals surface area contributed by atoms with Gasteiger partial charge in [-0.05, 0) is 38.1 Å². The van der Waals surface area contributed by atoms with Crippen LogP contribution < -0.4 is 5.69 Å². The van der Waals surface area contributed by atoms with Crippen LogP contribution in [0.3, 0.4) is 0 Å². The molecule has 1 aromatic heterocycles. The van der Waals surface area contributed by atoms with E-state index in [1.54, 1.807) is 17.0 Å². The predicted octanol–water partition coefficient (Wildman–Crippen LogP) is 1.81. The van der Waals surface area contributed by atoms with Gasteiger partial charge in [0, 0.05) is 17.6 Å². The first-order valence-electron chi connectivity index (χ1n) is 6.31. The maximum Gasteiger partial charge on any atom is 0.348 e. The van der Waals surface area contributed by atoms with Gasteiger partial charge in [-0.15, -0.1) is 5.10 Å². The van der Waals surface area contributed by atoms with Gasteiger partial charge >= 0.3 is 5.69 Å². The lowest BCUT2D eigenvalue weighted by Gasteiger charge is -2.16. The second kappa shape index (κ2) is 6.04. The molecular weight excluding hydrogens is 324 g/mol. The van der Waals surface area contributed by atoms with Crippen LogP contribution in [0.5, 0.6) is 0 Å². The summed E-state index contributed by atoms with van der Waals surface area (Å²) < 4.78 is 2.09. The van der Waals surface area contributed by atoms with E-state index in [2.05, 4.69) is 26.0 Å². The van der Waals surface area contributed by atoms with Crippen molar-refractivity contribution >= 4 is 21.8 Å². The SMILES string of the molecule is CCN(CC)C(=O)c1nn(-c2ccc(Br)cc2)c(=O)[nH]1. The molecule has 0 aliphatic carbocycles. The largest absolute Gasteiger partial charge is 0.348 e. The normalized spacial score (nSPS) is 10.6. The summed E-state index contributed by atoms with van der Waals surface area (Å²) >= 11 is 3.33. The first-order valence-corrected chi connectivity index (χ1v) is 7.10. The summed E-state index contributed by atoms with van der Waals surface area (Å²) in [5, 5.41) is 4.07. The van der Waals surface area contributed by atoms with Gasteiger partial charge in [0.25, 0.3) is 5.91 Å². The average molecular weight is 339 g/mol. The number of carbonyl (C=O) groups is 1. The molecule has 0 unspecified atom stereocenters. The quantitative estimate of drug-likeness (QED) is 0.923. The zero-order valence-electron chi connectivity index (χ0n) is 11.3. The van der Waals surface area contributed by atoms with E-state index in [9.17, 15) is 9.59 Å². The topological polar surface area (TPSA) is 71.0 Å². The second-order valence-corrected chi connectivity index (χ2v) is 5.06. The van der Waals surface area contributed by atoms with Gasteiger partial charge in [0.2, 0.25) is 5.82 Å². The highest BCUT2D eigenvalue weighted by Crippen LogP contribution is 2.12. The molecule has 2 rings (SSSR count). The molecule has 0 saturated heterocycles. The number of rotatable bonds is 4. The van der Waals surface area contributed by atoms with Crippen molar-refractivity contribution in [1.82, 2.24) is 19.7 Å². The van der Waals surface area contributed by atoms with Crippen LogP contribution in [0.2, 0.25) is 0 Å². The lowest BCUT2D eigenvalue weighted by molar-refractivity contribution is 0.0761. The number of nitrogens with one attached hydrogen (secondary N) is 1. The molecule has 2 aromatic rings. The highest BCUT2D eigenvalue weighted by Gasteiger charge is 2.18. The van der Waals surface area contributed by atoms with E-state index in [-0.39, 0.29) is 11.7 Å². The highest BCUT2D eigenvalue weighted by atomic mass is 79.9. The minimum atomic E-state index is -0.428. The van der Waals surface area contributed by atoms with Crippen molar-refractivity contribution in [2.24, 2.45) is 0 Å². The zero-order valence-corrected chi connectivity index (χ0v) is 12.8. The molecule has 1 aromatic carbocycles. The fourth-order valence-corrected chi connectivity index (χ4v) is 2.10. The molecule has 20 heavy (non-hydrogen) atoms. The molecule has 0 spiro atoms. The molecule has 106 valence electrons. The van der Waals surface area contributed by atoms with Crippen LogP contribution in [0.1, 0.15) is 24.5 Å². The molecule has 1 N–H and O–H groups in total. The van der Waals surface area contributed by atoms with E-state index < -0.39 is 5.69 Å². The van der Waals surface area contributed by atoms with Crippen molar-refractivity contribution in [1.29, 1.82) is 0 Å². The smallest absolute Gasteiger partial charge is 0.336 e. The van der Waals surface area contributed by atoms with Gasteiger partial charge in [0.1, 0.15) is 0 Å². The molecule has 0 aliphatic heterocycles. The third-order valence-corrected chi connectivity index (χ3v) is 3.47. The summed E-state index contributed by atoms with van der Waals surface area (Å²) in [6.07, 6.45) is 0. The maximum absolute atomic E-state index is 12.1. The molecule has 7 heteroatoms. The Morgan fingerprint density at radius 1 is 1.30 bits per heavy atom. The van der Waals surface area contributed by atoms with Crippen LogP contribution in [-0.2, 0) is 0 Å². The van der Waals surface area contributed by atoms with E-state index in [0.717, 1.165) is 4.47 Å². The standard InChI is InChI=1S/C13H15BrN4O2/c1-3-17(4-2)12(19)11-15-13(20)18(16-11)10-7-5-9(14)6-8-10/h5-8H,3-4H2,1-2H3,(H,15,16,20). The Hall–Kier alpha value is -1.89. The van der Waals surface area contributed by atoms with Gasteiger partial charge in [-0.2, -0.15) is 4.68 Å². The summed E-state index contributed by atoms with van der Waals surface area (Å²) in [5.41, 5.74) is 0.177. The number of hydrogen-bond acceptors (Lipinski definition) is 3. The fourth-order valence-electron chi connectivity index (χ4n) is 1.84. The van der Waals surface area contributed by atoms with Crippen molar-refractivity contribution in [3.05, 3.63) is 45.0 Å². The highest BCUT2D eigenvalue weighted by molar-refractivity contribution is 9.10. The number of benzene rings is 1. The molecule has 0 saturated carbocycles. The minimum Gasteiger partial charge on any atom is -0.336 e. The van der Waals surface area contributed by atoms with Crippen LogP contribution in [0.25, 0.3) is 5.69 Å². The third-order valence-electron chi connectivity index (χ3n) is 2.94. The van der Waals surface area contributed by atoms with Crippen LogP contribution in [0.15, 0.2) is 33.5 Å². The van der Waals surface area contributed by atoms with Gasteiger partial charge in [0.05, 0.1) is 5.69 Å². The Labute approximate surface area is 124 Å². The number of carbonyl (C=O) groups excluding carboxylic acids is 1. The van der Waals surface area contributed by atoms with Crippen LogP contribution >= 0.6 is 15.9 Å². The van der Waals surface area contributed by atoms with Gasteiger partial charge in [0.15, 0.2) is 0 Å². The van der Waals surface area contributed by atoms with Crippen molar-refractivity contribution in [3.63, 3.8) is 0 Å². The van der Waals surface area contributed by atoms with Crippen LogP contribution in [-0.4, -0.2) is 38.7 Å². The predicted molar refractivity (Wildman–Crippen MR) is 79.1 cm³/mol. The number of amides is 1. The Kier molecular flexibility index (Phi) is 4.39. The summed E-state index contributed by atoms with van der Waals surface area (Å²) in [7, 11) is 0. The first-order chi connectivity index (χ1) is 9.56. The van der Waals surface area contributed by atoms with Gasteiger partial charge < -0.3 is 4.90 Å². The van der Waals surface area contributed by atoms with E-state index in [1.165, 1.54) is 4.68 Å². The molecule has 0 aliphatic rings. The van der Waals surface area contributed by atoms with Gasteiger partial charge in [-0.1, -0.05) is 15.9 Å². The molecule has 6 nitrogen and oxygen atoms in total. The Morgan fingerprint density at radius 2 is 1.90 bits per heavy atom. The summed E-state index contributed by atoms with van der Waals surface area (Å²) in [5.74, 6) is -0.218. The summed E-state index contributed by atoms with van der Waals surface area (Å²) in [4.78, 5) is 28.1. The zero-order chi connectivity index (χ0) is 14.7. The molecular formula is C13H15BrN4O2. The van der Waals surface area contributed by atoms with Crippen molar-refractivity contribution < 1.29 is 4.79 Å². The molecule has 0 fully saturated rings. The molecule has 0 bridgehead atoms. The fraction of sp³-hybridized carbons (Fsp3) is 0.308. The molecule has 0 atom stereocenters.